The van der Waals surface area contributed by atoms with Gasteiger partial charge in [-0.3, -0.25) is 0 Å². The Labute approximate surface area is 92.1 Å². The highest BCUT2D eigenvalue weighted by Gasteiger charge is 2.28. The molecule has 1 saturated carbocycles. The molecule has 2 atom stereocenters. The fourth-order valence-corrected chi connectivity index (χ4v) is 3.13. The molecular formula is C10H21NO3S. The number of hydrogen-bond acceptors (Lipinski definition) is 4. The molecule has 2 unspecified atom stereocenters. The molecule has 5 heteroatoms. The molecule has 1 aliphatic rings. The molecule has 0 aromatic carbocycles. The van der Waals surface area contributed by atoms with Gasteiger partial charge < -0.3 is 10.5 Å². The Morgan fingerprint density at radius 1 is 1.40 bits per heavy atom. The van der Waals surface area contributed by atoms with E-state index in [-0.39, 0.29) is 11.4 Å². The van der Waals surface area contributed by atoms with E-state index < -0.39 is 9.84 Å². The van der Waals surface area contributed by atoms with E-state index in [2.05, 4.69) is 0 Å². The van der Waals surface area contributed by atoms with Crippen LogP contribution in [0.25, 0.3) is 0 Å². The molecule has 15 heavy (non-hydrogen) atoms. The van der Waals surface area contributed by atoms with Crippen LogP contribution in [0.15, 0.2) is 0 Å². The van der Waals surface area contributed by atoms with Crippen molar-refractivity contribution in [1.82, 2.24) is 0 Å². The second kappa shape index (κ2) is 5.82. The topological polar surface area (TPSA) is 69.4 Å². The first-order valence-electron chi connectivity index (χ1n) is 5.54. The number of rotatable bonds is 5. The maximum Gasteiger partial charge on any atom is 0.150 e. The number of ether oxygens (including phenoxy) is 1. The van der Waals surface area contributed by atoms with Crippen molar-refractivity contribution in [3.05, 3.63) is 0 Å². The predicted octanol–water partition coefficient (Wildman–Crippen LogP) is 0.708. The second-order valence-electron chi connectivity index (χ2n) is 4.25. The smallest absolute Gasteiger partial charge is 0.150 e. The molecule has 0 radical (unpaired) electrons. The molecule has 0 amide bonds. The summed E-state index contributed by atoms with van der Waals surface area (Å²) in [6, 6.07) is 0. The van der Waals surface area contributed by atoms with Crippen molar-refractivity contribution in [1.29, 1.82) is 0 Å². The SMILES string of the molecule is CS(=O)(=O)C1CCCC(OCCCN)C1. The minimum absolute atomic E-state index is 0.116. The first-order chi connectivity index (χ1) is 7.04. The highest BCUT2D eigenvalue weighted by molar-refractivity contribution is 7.91. The zero-order valence-electron chi connectivity index (χ0n) is 9.31. The van der Waals surface area contributed by atoms with Gasteiger partial charge in [0.2, 0.25) is 0 Å². The van der Waals surface area contributed by atoms with E-state index >= 15 is 0 Å². The normalized spacial score (nSPS) is 27.9. The molecule has 0 bridgehead atoms. The summed E-state index contributed by atoms with van der Waals surface area (Å²) < 4.78 is 28.4. The van der Waals surface area contributed by atoms with Gasteiger partial charge in [0.15, 0.2) is 0 Å². The van der Waals surface area contributed by atoms with Gasteiger partial charge >= 0.3 is 0 Å². The van der Waals surface area contributed by atoms with Crippen molar-refractivity contribution in [2.45, 2.75) is 43.5 Å². The molecule has 1 fully saturated rings. The average molecular weight is 235 g/mol. The number of nitrogens with two attached hydrogens (primary N) is 1. The molecule has 2 N–H and O–H groups in total. The van der Waals surface area contributed by atoms with Crippen molar-refractivity contribution < 1.29 is 13.2 Å². The lowest BCUT2D eigenvalue weighted by molar-refractivity contribution is 0.0290. The maximum atomic E-state index is 11.4. The molecule has 0 heterocycles. The summed E-state index contributed by atoms with van der Waals surface area (Å²) in [6.45, 7) is 1.28. The van der Waals surface area contributed by atoms with Crippen LogP contribution in [0.5, 0.6) is 0 Å². The summed E-state index contributed by atoms with van der Waals surface area (Å²) in [6.07, 6.45) is 5.66. The molecule has 0 aliphatic heterocycles. The van der Waals surface area contributed by atoms with Crippen LogP contribution < -0.4 is 5.73 Å². The van der Waals surface area contributed by atoms with Crippen LogP contribution in [0.2, 0.25) is 0 Å². The van der Waals surface area contributed by atoms with Gasteiger partial charge in [-0.1, -0.05) is 0 Å². The molecule has 0 saturated heterocycles. The van der Waals surface area contributed by atoms with E-state index in [0.29, 0.717) is 19.6 Å². The summed E-state index contributed by atoms with van der Waals surface area (Å²) in [5, 5.41) is -0.200. The van der Waals surface area contributed by atoms with E-state index in [4.69, 9.17) is 10.5 Å². The van der Waals surface area contributed by atoms with Crippen molar-refractivity contribution in [2.24, 2.45) is 5.73 Å². The van der Waals surface area contributed by atoms with Gasteiger partial charge in [0.05, 0.1) is 11.4 Å². The first kappa shape index (κ1) is 12.9. The van der Waals surface area contributed by atoms with Crippen LogP contribution in [0.4, 0.5) is 0 Å². The minimum atomic E-state index is -2.89. The van der Waals surface area contributed by atoms with Crippen molar-refractivity contribution in [3.63, 3.8) is 0 Å². The lowest BCUT2D eigenvalue weighted by Gasteiger charge is -2.28. The summed E-state index contributed by atoms with van der Waals surface area (Å²) in [5.74, 6) is 0. The molecule has 90 valence electrons. The van der Waals surface area contributed by atoms with Crippen LogP contribution in [0.3, 0.4) is 0 Å². The molecule has 1 rings (SSSR count). The minimum Gasteiger partial charge on any atom is -0.378 e. The van der Waals surface area contributed by atoms with Crippen molar-refractivity contribution in [2.75, 3.05) is 19.4 Å². The summed E-state index contributed by atoms with van der Waals surface area (Å²) >= 11 is 0. The summed E-state index contributed by atoms with van der Waals surface area (Å²) in [7, 11) is -2.89. The second-order valence-corrected chi connectivity index (χ2v) is 6.58. The van der Waals surface area contributed by atoms with E-state index in [1.807, 2.05) is 0 Å². The van der Waals surface area contributed by atoms with Crippen LogP contribution in [-0.2, 0) is 14.6 Å². The molecule has 0 spiro atoms. The Morgan fingerprint density at radius 3 is 2.73 bits per heavy atom. The third-order valence-electron chi connectivity index (χ3n) is 2.89. The van der Waals surface area contributed by atoms with Crippen molar-refractivity contribution in [3.8, 4) is 0 Å². The zero-order valence-corrected chi connectivity index (χ0v) is 10.1. The molecule has 4 nitrogen and oxygen atoms in total. The van der Waals surface area contributed by atoms with E-state index in [0.717, 1.165) is 25.7 Å². The van der Waals surface area contributed by atoms with Crippen molar-refractivity contribution >= 4 is 9.84 Å². The largest absolute Gasteiger partial charge is 0.378 e. The fraction of sp³-hybridized carbons (Fsp3) is 1.00. The van der Waals surface area contributed by atoms with E-state index in [1.54, 1.807) is 0 Å². The third-order valence-corrected chi connectivity index (χ3v) is 4.52. The third kappa shape index (κ3) is 4.49. The highest BCUT2D eigenvalue weighted by Crippen LogP contribution is 2.25. The standard InChI is InChI=1S/C10H21NO3S/c1-15(12,13)10-5-2-4-9(8-10)14-7-3-6-11/h9-10H,2-8,11H2,1H3. The van der Waals surface area contributed by atoms with Gasteiger partial charge in [-0.2, -0.15) is 0 Å². The zero-order chi connectivity index (χ0) is 11.3. The number of hydrogen-bond donors (Lipinski definition) is 1. The fourth-order valence-electron chi connectivity index (χ4n) is 1.98. The summed E-state index contributed by atoms with van der Waals surface area (Å²) in [5.41, 5.74) is 5.36. The predicted molar refractivity (Wildman–Crippen MR) is 60.5 cm³/mol. The quantitative estimate of drug-likeness (QED) is 0.712. The van der Waals surface area contributed by atoms with Gasteiger partial charge in [-0.15, -0.1) is 0 Å². The lowest BCUT2D eigenvalue weighted by Crippen LogP contribution is -2.32. The van der Waals surface area contributed by atoms with Crippen LogP contribution >= 0.6 is 0 Å². The summed E-state index contributed by atoms with van der Waals surface area (Å²) in [4.78, 5) is 0. The average Bonchev–Trinajstić information content (AvgIpc) is 2.17. The molecular weight excluding hydrogens is 214 g/mol. The van der Waals surface area contributed by atoms with Gasteiger partial charge in [-0.05, 0) is 38.6 Å². The van der Waals surface area contributed by atoms with Gasteiger partial charge in [0.25, 0.3) is 0 Å². The van der Waals surface area contributed by atoms with Gasteiger partial charge in [0, 0.05) is 12.9 Å². The highest BCUT2D eigenvalue weighted by atomic mass is 32.2. The Bertz CT molecular complexity index is 276. The van der Waals surface area contributed by atoms with E-state index in [1.165, 1.54) is 6.26 Å². The van der Waals surface area contributed by atoms with Gasteiger partial charge in [-0.25, -0.2) is 8.42 Å². The van der Waals surface area contributed by atoms with Crippen LogP contribution in [0, 0.1) is 0 Å². The Hall–Kier alpha value is -0.130. The first-order valence-corrected chi connectivity index (χ1v) is 7.50. The monoisotopic (exact) mass is 235 g/mol. The Kier molecular flexibility index (Phi) is 5.02. The Balaban J connectivity index is 2.36. The van der Waals surface area contributed by atoms with Gasteiger partial charge in [0.1, 0.15) is 9.84 Å². The van der Waals surface area contributed by atoms with E-state index in [9.17, 15) is 8.42 Å². The van der Waals surface area contributed by atoms with Crippen LogP contribution in [-0.4, -0.2) is 39.2 Å². The molecule has 0 aromatic rings. The van der Waals surface area contributed by atoms with Crippen LogP contribution in [0.1, 0.15) is 32.1 Å². The molecule has 0 aromatic heterocycles. The lowest BCUT2D eigenvalue weighted by atomic mass is 9.97. The number of sulfone groups is 1. The molecule has 1 aliphatic carbocycles. The maximum absolute atomic E-state index is 11.4. The Morgan fingerprint density at radius 2 is 2.13 bits per heavy atom.